The number of carboxylic acid groups (broad SMARTS) is 1. The van der Waals surface area contributed by atoms with E-state index in [-0.39, 0.29) is 24.9 Å². The molecule has 7 heteroatoms. The number of alkyl carbamates (subject to hydrolysis) is 1. The lowest BCUT2D eigenvalue weighted by molar-refractivity contribution is -0.149. The second kappa shape index (κ2) is 9.72. The standard InChI is InChI=1S/C28H32N2O5/c31-25(30-16-8-13-24(30)26(32)33)17-28(14-6-1-7-15-28)29-27(34)35-18-23-21-11-4-2-9-19(21)20-10-3-5-12-22(20)23/h2-5,9-12,23-24H,1,6-8,13-18H2,(H,29,34)(H,32,33)/t24-/m1/s1. The Balaban J connectivity index is 1.27. The SMILES string of the molecule is O=C(NC1(CC(=O)N2CCC[C@@H]2C(=O)O)CCCCC1)OCC1c2ccccc2-c2ccccc21. The zero-order chi connectivity index (χ0) is 24.4. The van der Waals surface area contributed by atoms with Crippen molar-refractivity contribution in [2.45, 2.75) is 68.9 Å². The Kier molecular flexibility index (Phi) is 6.50. The highest BCUT2D eigenvalue weighted by molar-refractivity contribution is 5.85. The highest BCUT2D eigenvalue weighted by Crippen LogP contribution is 2.44. The zero-order valence-electron chi connectivity index (χ0n) is 19.9. The third-order valence-corrected chi connectivity index (χ3v) is 7.87. The van der Waals surface area contributed by atoms with E-state index in [4.69, 9.17) is 4.74 Å². The number of carbonyl (C=O) groups excluding carboxylic acids is 2. The van der Waals surface area contributed by atoms with Gasteiger partial charge >= 0.3 is 12.1 Å². The highest BCUT2D eigenvalue weighted by atomic mass is 16.5. The quantitative estimate of drug-likeness (QED) is 0.630. The Morgan fingerprint density at radius 2 is 1.57 bits per heavy atom. The van der Waals surface area contributed by atoms with Crippen LogP contribution in [-0.4, -0.2) is 52.7 Å². The van der Waals surface area contributed by atoms with Gasteiger partial charge in [-0.3, -0.25) is 4.79 Å². The molecule has 2 fully saturated rings. The number of fused-ring (bicyclic) bond motifs is 3. The lowest BCUT2D eigenvalue weighted by Gasteiger charge is -2.38. The molecule has 2 N–H and O–H groups in total. The number of hydrogen-bond acceptors (Lipinski definition) is 4. The van der Waals surface area contributed by atoms with Crippen molar-refractivity contribution < 1.29 is 24.2 Å². The van der Waals surface area contributed by atoms with E-state index in [1.807, 2.05) is 24.3 Å². The topological polar surface area (TPSA) is 95.9 Å². The van der Waals surface area contributed by atoms with Crippen LogP contribution in [0.3, 0.4) is 0 Å². The fraction of sp³-hybridized carbons (Fsp3) is 0.464. The first kappa shape index (κ1) is 23.4. The summed E-state index contributed by atoms with van der Waals surface area (Å²) < 4.78 is 5.76. The molecule has 2 aromatic rings. The molecule has 5 rings (SSSR count). The maximum absolute atomic E-state index is 13.1. The van der Waals surface area contributed by atoms with Gasteiger partial charge in [0.15, 0.2) is 0 Å². The van der Waals surface area contributed by atoms with Crippen LogP contribution in [0.25, 0.3) is 11.1 Å². The molecule has 0 spiro atoms. The number of hydrogen-bond donors (Lipinski definition) is 2. The van der Waals surface area contributed by atoms with Gasteiger partial charge in [0.2, 0.25) is 5.91 Å². The monoisotopic (exact) mass is 476 g/mol. The molecule has 2 aliphatic carbocycles. The molecule has 1 heterocycles. The van der Waals surface area contributed by atoms with Crippen molar-refractivity contribution in [1.29, 1.82) is 0 Å². The molecule has 0 bridgehead atoms. The van der Waals surface area contributed by atoms with Crippen LogP contribution in [0.4, 0.5) is 4.79 Å². The molecule has 1 aliphatic heterocycles. The number of carbonyl (C=O) groups is 3. The molecule has 3 aliphatic rings. The Labute approximate surface area is 205 Å². The summed E-state index contributed by atoms with van der Waals surface area (Å²) in [6, 6.07) is 15.6. The average molecular weight is 477 g/mol. The van der Waals surface area contributed by atoms with Gasteiger partial charge in [-0.25, -0.2) is 9.59 Å². The molecule has 35 heavy (non-hydrogen) atoms. The number of nitrogens with zero attached hydrogens (tertiary/aromatic N) is 1. The van der Waals surface area contributed by atoms with Crippen LogP contribution in [0, 0.1) is 0 Å². The minimum Gasteiger partial charge on any atom is -0.480 e. The van der Waals surface area contributed by atoms with Gasteiger partial charge in [-0.1, -0.05) is 67.8 Å². The predicted octanol–water partition coefficient (Wildman–Crippen LogP) is 4.69. The van der Waals surface area contributed by atoms with E-state index >= 15 is 0 Å². The maximum atomic E-state index is 13.1. The van der Waals surface area contributed by atoms with Crippen molar-refractivity contribution in [3.8, 4) is 11.1 Å². The molecule has 0 unspecified atom stereocenters. The van der Waals surface area contributed by atoms with Crippen molar-refractivity contribution in [2.24, 2.45) is 0 Å². The lowest BCUT2D eigenvalue weighted by atomic mass is 9.79. The predicted molar refractivity (Wildman–Crippen MR) is 131 cm³/mol. The molecule has 0 aromatic heterocycles. The van der Waals surface area contributed by atoms with E-state index in [1.165, 1.54) is 16.0 Å². The van der Waals surface area contributed by atoms with Crippen molar-refractivity contribution in [3.05, 3.63) is 59.7 Å². The normalized spacial score (nSPS) is 20.7. The number of ether oxygens (including phenoxy) is 1. The number of rotatable bonds is 6. The fourth-order valence-corrected chi connectivity index (χ4v) is 6.14. The van der Waals surface area contributed by atoms with Gasteiger partial charge in [-0.2, -0.15) is 0 Å². The number of nitrogens with one attached hydrogen (secondary N) is 1. The first-order chi connectivity index (χ1) is 17.0. The van der Waals surface area contributed by atoms with E-state index in [2.05, 4.69) is 29.6 Å². The summed E-state index contributed by atoms with van der Waals surface area (Å²) >= 11 is 0. The van der Waals surface area contributed by atoms with Gasteiger partial charge in [0.05, 0.1) is 12.0 Å². The van der Waals surface area contributed by atoms with Crippen LogP contribution in [-0.2, 0) is 14.3 Å². The average Bonchev–Trinajstić information content (AvgIpc) is 3.47. The molecule has 184 valence electrons. The molecule has 1 saturated carbocycles. The van der Waals surface area contributed by atoms with Crippen molar-refractivity contribution >= 4 is 18.0 Å². The van der Waals surface area contributed by atoms with Gasteiger partial charge in [0, 0.05) is 12.5 Å². The minimum atomic E-state index is -0.960. The zero-order valence-corrected chi connectivity index (χ0v) is 19.9. The Morgan fingerprint density at radius 1 is 0.943 bits per heavy atom. The van der Waals surface area contributed by atoms with E-state index in [0.29, 0.717) is 32.2 Å². The van der Waals surface area contributed by atoms with Crippen molar-refractivity contribution in [2.75, 3.05) is 13.2 Å². The number of benzene rings is 2. The van der Waals surface area contributed by atoms with Gasteiger partial charge in [0.1, 0.15) is 12.6 Å². The fourth-order valence-electron chi connectivity index (χ4n) is 6.14. The molecular formula is C28H32N2O5. The van der Waals surface area contributed by atoms with Crippen LogP contribution < -0.4 is 5.32 Å². The van der Waals surface area contributed by atoms with Gasteiger partial charge in [-0.15, -0.1) is 0 Å². The van der Waals surface area contributed by atoms with Crippen molar-refractivity contribution in [3.63, 3.8) is 0 Å². The van der Waals surface area contributed by atoms with E-state index in [0.717, 1.165) is 30.4 Å². The Hall–Kier alpha value is -3.35. The first-order valence-electron chi connectivity index (χ1n) is 12.6. The summed E-state index contributed by atoms with van der Waals surface area (Å²) in [5.74, 6) is -1.19. The summed E-state index contributed by atoms with van der Waals surface area (Å²) in [6.45, 7) is 0.675. The minimum absolute atomic E-state index is 0.0296. The highest BCUT2D eigenvalue weighted by Gasteiger charge is 2.41. The molecule has 2 amide bonds. The third kappa shape index (κ3) is 4.64. The van der Waals surface area contributed by atoms with Gasteiger partial charge < -0.3 is 20.1 Å². The summed E-state index contributed by atoms with van der Waals surface area (Å²) in [4.78, 5) is 39.2. The second-order valence-corrected chi connectivity index (χ2v) is 10.1. The van der Waals surface area contributed by atoms with Crippen LogP contribution in [0.2, 0.25) is 0 Å². The molecule has 0 radical (unpaired) electrons. The van der Waals surface area contributed by atoms with E-state index in [1.54, 1.807) is 0 Å². The molecule has 2 aromatic carbocycles. The van der Waals surface area contributed by atoms with Gasteiger partial charge in [0.25, 0.3) is 0 Å². The largest absolute Gasteiger partial charge is 0.480 e. The Bertz CT molecular complexity index is 1080. The van der Waals surface area contributed by atoms with Crippen LogP contribution in [0.15, 0.2) is 48.5 Å². The summed E-state index contributed by atoms with van der Waals surface area (Å²) in [6.07, 6.45) is 5.04. The lowest BCUT2D eigenvalue weighted by Crippen LogP contribution is -2.54. The van der Waals surface area contributed by atoms with Crippen LogP contribution in [0.5, 0.6) is 0 Å². The summed E-state index contributed by atoms with van der Waals surface area (Å²) in [5.41, 5.74) is 3.95. The van der Waals surface area contributed by atoms with Crippen molar-refractivity contribution in [1.82, 2.24) is 10.2 Å². The molecule has 1 atom stereocenters. The number of aliphatic carboxylic acids is 1. The summed E-state index contributed by atoms with van der Waals surface area (Å²) in [7, 11) is 0. The first-order valence-corrected chi connectivity index (χ1v) is 12.6. The number of carboxylic acids is 1. The van der Waals surface area contributed by atoms with E-state index < -0.39 is 23.6 Å². The molecule has 1 saturated heterocycles. The van der Waals surface area contributed by atoms with E-state index in [9.17, 15) is 19.5 Å². The van der Waals surface area contributed by atoms with Crippen LogP contribution in [0.1, 0.15) is 68.4 Å². The molecular weight excluding hydrogens is 444 g/mol. The molecule has 7 nitrogen and oxygen atoms in total. The Morgan fingerprint density at radius 3 is 2.20 bits per heavy atom. The number of likely N-dealkylation sites (tertiary alicyclic amines) is 1. The van der Waals surface area contributed by atoms with Crippen LogP contribution >= 0.6 is 0 Å². The second-order valence-electron chi connectivity index (χ2n) is 10.1. The third-order valence-electron chi connectivity index (χ3n) is 7.87. The smallest absolute Gasteiger partial charge is 0.407 e. The summed E-state index contributed by atoms with van der Waals surface area (Å²) in [5, 5.41) is 12.5. The van der Waals surface area contributed by atoms with Gasteiger partial charge in [-0.05, 0) is 47.9 Å². The number of amides is 2. The maximum Gasteiger partial charge on any atom is 0.407 e.